The van der Waals surface area contributed by atoms with E-state index in [4.69, 9.17) is 4.98 Å². The number of amides is 2. The molecular weight excluding hydrogens is 408 g/mol. The molecule has 2 aliphatic rings. The van der Waals surface area contributed by atoms with Gasteiger partial charge in [-0.3, -0.25) is 9.59 Å². The van der Waals surface area contributed by atoms with Crippen LogP contribution in [0.25, 0.3) is 11.0 Å². The third-order valence-electron chi connectivity index (χ3n) is 6.79. The van der Waals surface area contributed by atoms with Gasteiger partial charge in [-0.25, -0.2) is 4.98 Å². The predicted molar refractivity (Wildman–Crippen MR) is 122 cm³/mol. The van der Waals surface area contributed by atoms with Crippen LogP contribution in [0.15, 0.2) is 41.8 Å². The number of aromatic amines is 1. The fourth-order valence-corrected chi connectivity index (χ4v) is 5.85. The third-order valence-corrected chi connectivity index (χ3v) is 7.66. The second-order valence-electron chi connectivity index (χ2n) is 8.88. The molecule has 2 N–H and O–H groups in total. The second kappa shape index (κ2) is 8.46. The SMILES string of the molecule is O=C1CCC(CCC(=O)N2CCC(c3nc4ccccc4[nH]3)CC2)(Cc2cccs2)N1. The Balaban J connectivity index is 1.17. The maximum absolute atomic E-state index is 13.0. The van der Waals surface area contributed by atoms with Crippen molar-refractivity contribution in [2.75, 3.05) is 13.1 Å². The molecule has 162 valence electrons. The summed E-state index contributed by atoms with van der Waals surface area (Å²) in [5, 5.41) is 5.26. The lowest BCUT2D eigenvalue weighted by molar-refractivity contribution is -0.133. The molecule has 3 aromatic rings. The molecule has 0 bridgehead atoms. The van der Waals surface area contributed by atoms with Gasteiger partial charge in [0, 0.05) is 48.7 Å². The van der Waals surface area contributed by atoms with E-state index >= 15 is 0 Å². The third kappa shape index (κ3) is 4.37. The van der Waals surface area contributed by atoms with E-state index in [1.165, 1.54) is 4.88 Å². The molecule has 31 heavy (non-hydrogen) atoms. The highest BCUT2D eigenvalue weighted by atomic mass is 32.1. The van der Waals surface area contributed by atoms with Gasteiger partial charge in [-0.1, -0.05) is 18.2 Å². The average Bonchev–Trinajstić information content (AvgIpc) is 3.53. The van der Waals surface area contributed by atoms with Crippen LogP contribution in [0.2, 0.25) is 0 Å². The number of para-hydroxylation sites is 2. The second-order valence-corrected chi connectivity index (χ2v) is 9.91. The van der Waals surface area contributed by atoms with Gasteiger partial charge >= 0.3 is 0 Å². The van der Waals surface area contributed by atoms with Crippen molar-refractivity contribution in [2.45, 2.75) is 56.4 Å². The molecule has 1 atom stereocenters. The maximum atomic E-state index is 13.0. The number of rotatable bonds is 6. The van der Waals surface area contributed by atoms with E-state index in [-0.39, 0.29) is 17.4 Å². The number of carbonyl (C=O) groups is 2. The van der Waals surface area contributed by atoms with E-state index in [1.54, 1.807) is 11.3 Å². The topological polar surface area (TPSA) is 78.1 Å². The number of carbonyl (C=O) groups excluding carboxylic acids is 2. The first-order valence-corrected chi connectivity index (χ1v) is 12.0. The number of H-pyrrole nitrogens is 1. The molecule has 2 aromatic heterocycles. The minimum Gasteiger partial charge on any atom is -0.350 e. The number of nitrogens with one attached hydrogen (secondary N) is 2. The number of hydrogen-bond donors (Lipinski definition) is 2. The van der Waals surface area contributed by atoms with Gasteiger partial charge in [0.2, 0.25) is 11.8 Å². The first-order chi connectivity index (χ1) is 15.1. The summed E-state index contributed by atoms with van der Waals surface area (Å²) < 4.78 is 0. The molecule has 1 unspecified atom stereocenters. The Morgan fingerprint density at radius 2 is 2.03 bits per heavy atom. The predicted octanol–water partition coefficient (Wildman–Crippen LogP) is 4.00. The lowest BCUT2D eigenvalue weighted by Crippen LogP contribution is -2.45. The molecular formula is C24H28N4O2S. The number of fused-ring (bicyclic) bond motifs is 1. The van der Waals surface area contributed by atoms with Gasteiger partial charge in [0.25, 0.3) is 0 Å². The number of imidazole rings is 1. The van der Waals surface area contributed by atoms with Gasteiger partial charge < -0.3 is 15.2 Å². The van der Waals surface area contributed by atoms with Crippen LogP contribution in [0.5, 0.6) is 0 Å². The fraction of sp³-hybridized carbons (Fsp3) is 0.458. The molecule has 5 rings (SSSR count). The average molecular weight is 437 g/mol. The van der Waals surface area contributed by atoms with Crippen LogP contribution < -0.4 is 5.32 Å². The number of hydrogen-bond acceptors (Lipinski definition) is 4. The number of aromatic nitrogens is 2. The van der Waals surface area contributed by atoms with Gasteiger partial charge in [0.1, 0.15) is 5.82 Å². The summed E-state index contributed by atoms with van der Waals surface area (Å²) in [7, 11) is 0. The Morgan fingerprint density at radius 1 is 1.19 bits per heavy atom. The molecule has 2 fully saturated rings. The molecule has 0 aliphatic carbocycles. The minimum absolute atomic E-state index is 0.107. The first-order valence-electron chi connectivity index (χ1n) is 11.2. The van der Waals surface area contributed by atoms with E-state index < -0.39 is 0 Å². The smallest absolute Gasteiger partial charge is 0.222 e. The van der Waals surface area contributed by atoms with Crippen LogP contribution >= 0.6 is 11.3 Å². The van der Waals surface area contributed by atoms with E-state index in [9.17, 15) is 9.59 Å². The molecule has 2 amide bonds. The molecule has 7 heteroatoms. The van der Waals surface area contributed by atoms with Gasteiger partial charge in [0.05, 0.1) is 11.0 Å². The van der Waals surface area contributed by atoms with Gasteiger partial charge in [-0.2, -0.15) is 0 Å². The highest BCUT2D eigenvalue weighted by molar-refractivity contribution is 7.09. The van der Waals surface area contributed by atoms with Crippen molar-refractivity contribution in [3.05, 3.63) is 52.5 Å². The lowest BCUT2D eigenvalue weighted by Gasteiger charge is -2.33. The normalized spacial score (nSPS) is 22.2. The Bertz CT molecular complexity index is 1040. The molecule has 6 nitrogen and oxygen atoms in total. The largest absolute Gasteiger partial charge is 0.350 e. The van der Waals surface area contributed by atoms with Crippen molar-refractivity contribution in [3.8, 4) is 0 Å². The summed E-state index contributed by atoms with van der Waals surface area (Å²) in [4.78, 5) is 36.4. The summed E-state index contributed by atoms with van der Waals surface area (Å²) in [6, 6.07) is 12.3. The lowest BCUT2D eigenvalue weighted by atomic mass is 9.87. The number of likely N-dealkylation sites (tertiary alicyclic amines) is 1. The van der Waals surface area contributed by atoms with Crippen LogP contribution in [0.1, 0.15) is 55.1 Å². The Morgan fingerprint density at radius 3 is 2.74 bits per heavy atom. The van der Waals surface area contributed by atoms with Gasteiger partial charge in [-0.05, 0) is 49.3 Å². The molecule has 1 aromatic carbocycles. The molecule has 0 radical (unpaired) electrons. The van der Waals surface area contributed by atoms with E-state index in [2.05, 4.69) is 27.8 Å². The zero-order chi connectivity index (χ0) is 21.3. The Hall–Kier alpha value is -2.67. The van der Waals surface area contributed by atoms with Crippen LogP contribution in [0.4, 0.5) is 0 Å². The van der Waals surface area contributed by atoms with Crippen LogP contribution in [0, 0.1) is 0 Å². The highest BCUT2D eigenvalue weighted by Crippen LogP contribution is 2.32. The van der Waals surface area contributed by atoms with Crippen molar-refractivity contribution >= 4 is 34.2 Å². The quantitative estimate of drug-likeness (QED) is 0.613. The molecule has 0 spiro atoms. The van der Waals surface area contributed by atoms with Crippen molar-refractivity contribution < 1.29 is 9.59 Å². The van der Waals surface area contributed by atoms with Crippen LogP contribution in [0.3, 0.4) is 0 Å². The highest BCUT2D eigenvalue weighted by Gasteiger charge is 2.38. The van der Waals surface area contributed by atoms with Gasteiger partial charge in [0.15, 0.2) is 0 Å². The summed E-state index contributed by atoms with van der Waals surface area (Å²) in [5.41, 5.74) is 1.81. The summed E-state index contributed by atoms with van der Waals surface area (Å²) >= 11 is 1.72. The van der Waals surface area contributed by atoms with Gasteiger partial charge in [-0.15, -0.1) is 11.3 Å². The minimum atomic E-state index is -0.274. The van der Waals surface area contributed by atoms with E-state index in [0.717, 1.165) is 55.6 Å². The molecule has 2 saturated heterocycles. The first kappa shape index (κ1) is 20.2. The van der Waals surface area contributed by atoms with E-state index in [1.807, 2.05) is 29.2 Å². The van der Waals surface area contributed by atoms with Crippen molar-refractivity contribution in [3.63, 3.8) is 0 Å². The van der Waals surface area contributed by atoms with Crippen molar-refractivity contribution in [1.29, 1.82) is 0 Å². The summed E-state index contributed by atoms with van der Waals surface area (Å²) in [6.07, 6.45) is 5.25. The standard InChI is InChI=1S/C24H28N4O2S/c29-21-7-11-24(27-21,16-18-4-3-15-31-18)12-8-22(30)28-13-9-17(10-14-28)23-25-19-5-1-2-6-20(19)26-23/h1-6,15,17H,7-14,16H2,(H,25,26)(H,27,29). The van der Waals surface area contributed by atoms with Crippen molar-refractivity contribution in [1.82, 2.24) is 20.2 Å². The van der Waals surface area contributed by atoms with Crippen LogP contribution in [-0.4, -0.2) is 45.3 Å². The molecule has 4 heterocycles. The fourth-order valence-electron chi connectivity index (χ4n) is 5.00. The number of thiophene rings is 1. The van der Waals surface area contributed by atoms with Crippen molar-refractivity contribution in [2.24, 2.45) is 0 Å². The van der Waals surface area contributed by atoms with E-state index in [0.29, 0.717) is 25.2 Å². The Labute approximate surface area is 186 Å². The summed E-state index contributed by atoms with van der Waals surface area (Å²) in [5.74, 6) is 1.72. The zero-order valence-electron chi connectivity index (χ0n) is 17.6. The monoisotopic (exact) mass is 436 g/mol. The van der Waals surface area contributed by atoms with Crippen LogP contribution in [-0.2, 0) is 16.0 Å². The maximum Gasteiger partial charge on any atom is 0.222 e. The zero-order valence-corrected chi connectivity index (χ0v) is 18.4. The molecule has 0 saturated carbocycles. The number of nitrogens with zero attached hydrogens (tertiary/aromatic N) is 2. The molecule has 2 aliphatic heterocycles. The summed E-state index contributed by atoms with van der Waals surface area (Å²) in [6.45, 7) is 1.54. The number of benzene rings is 1. The Kier molecular flexibility index (Phi) is 5.52. The number of piperidine rings is 1.